The Hall–Kier alpha value is -3.96. The molecule has 4 aromatic rings. The predicted molar refractivity (Wildman–Crippen MR) is 164 cm³/mol. The van der Waals surface area contributed by atoms with Gasteiger partial charge in [0, 0.05) is 26.6 Å². The van der Waals surface area contributed by atoms with Gasteiger partial charge in [-0.05, 0) is 31.2 Å². The average Bonchev–Trinajstić information content (AvgIpc) is 3.22. The van der Waals surface area contributed by atoms with Crippen molar-refractivity contribution in [2.45, 2.75) is 39.5 Å². The van der Waals surface area contributed by atoms with Gasteiger partial charge >= 0.3 is 0 Å². The summed E-state index contributed by atoms with van der Waals surface area (Å²) < 4.78 is 1.99. The van der Waals surface area contributed by atoms with Gasteiger partial charge in [-0.15, -0.1) is 12.6 Å². The van der Waals surface area contributed by atoms with Crippen molar-refractivity contribution < 1.29 is 0 Å². The first-order chi connectivity index (χ1) is 18.1. The molecule has 0 unspecified atom stereocenters. The van der Waals surface area contributed by atoms with Gasteiger partial charge in [-0.25, -0.2) is 4.98 Å². The Kier molecular flexibility index (Phi) is 11.5. The Balaban J connectivity index is 0.00000115. The summed E-state index contributed by atoms with van der Waals surface area (Å²) >= 11 is 4.51. The lowest BCUT2D eigenvalue weighted by Gasteiger charge is -2.10. The number of rotatable bonds is 6. The van der Waals surface area contributed by atoms with Crippen LogP contribution in [0.5, 0.6) is 0 Å². The topological polar surface area (TPSA) is 43.6 Å². The smallest absolute Gasteiger partial charge is 0.238 e. The van der Waals surface area contributed by atoms with E-state index in [1.54, 1.807) is 12.2 Å². The van der Waals surface area contributed by atoms with Crippen LogP contribution in [0.2, 0.25) is 0 Å². The van der Waals surface area contributed by atoms with Crippen molar-refractivity contribution in [1.82, 2.24) is 19.5 Å². The second kappa shape index (κ2) is 14.6. The molecule has 37 heavy (non-hydrogen) atoms. The van der Waals surface area contributed by atoms with Crippen LogP contribution in [0.25, 0.3) is 46.5 Å². The number of allylic oxidation sites excluding steroid dienone is 6. The zero-order valence-electron chi connectivity index (χ0n) is 22.4. The van der Waals surface area contributed by atoms with Crippen molar-refractivity contribution in [3.8, 4) is 17.3 Å². The lowest BCUT2D eigenvalue weighted by atomic mass is 10.2. The Morgan fingerprint density at radius 2 is 1.62 bits per heavy atom. The standard InChI is InChI=1S/C28H24N4S.2C2H6/c1-5-11-20(12-6-2)26-29-27(21-14-9-8-10-15-21)31-28(30-26)32-24(13-7-3)19(4)23-18-22(33)16-17-25(23)32;2*1-2/h5-18,33H,1,3-4H2,2H3;2*1-2H3/b12-6-,20-11+,24-13+;;. The van der Waals surface area contributed by atoms with Crippen LogP contribution in [0.3, 0.4) is 0 Å². The van der Waals surface area contributed by atoms with Crippen LogP contribution in [0.4, 0.5) is 0 Å². The fourth-order valence-electron chi connectivity index (χ4n) is 3.69. The molecular formula is C32H36N4S. The molecule has 0 saturated heterocycles. The molecular weight excluding hydrogens is 472 g/mol. The molecule has 0 amide bonds. The van der Waals surface area contributed by atoms with Crippen molar-refractivity contribution in [1.29, 1.82) is 0 Å². The SMILES string of the molecule is C=C/C=C(\C=C/C)c1nc(-c2ccccc2)nc(-n2/c(=C/C=C)c(=C)c3cc(S)ccc32)n1.CC.CC. The molecule has 2 aromatic heterocycles. The third-order valence-electron chi connectivity index (χ3n) is 5.13. The number of fused-ring (bicyclic) bond motifs is 1. The highest BCUT2D eigenvalue weighted by atomic mass is 32.1. The Morgan fingerprint density at radius 3 is 2.24 bits per heavy atom. The van der Waals surface area contributed by atoms with E-state index in [0.717, 1.165) is 37.5 Å². The lowest BCUT2D eigenvalue weighted by molar-refractivity contribution is 0.895. The lowest BCUT2D eigenvalue weighted by Crippen LogP contribution is -2.28. The van der Waals surface area contributed by atoms with Crippen molar-refractivity contribution in [3.05, 3.63) is 108 Å². The number of aromatic nitrogens is 4. The van der Waals surface area contributed by atoms with E-state index in [4.69, 9.17) is 15.0 Å². The second-order valence-electron chi connectivity index (χ2n) is 7.31. The van der Waals surface area contributed by atoms with Crippen LogP contribution < -0.4 is 10.6 Å². The van der Waals surface area contributed by atoms with Crippen LogP contribution >= 0.6 is 12.6 Å². The van der Waals surface area contributed by atoms with E-state index in [2.05, 4.69) is 32.4 Å². The minimum atomic E-state index is 0.498. The highest BCUT2D eigenvalue weighted by Crippen LogP contribution is 2.22. The summed E-state index contributed by atoms with van der Waals surface area (Å²) in [6, 6.07) is 15.8. The fourth-order valence-corrected chi connectivity index (χ4v) is 3.89. The predicted octanol–water partition coefficient (Wildman–Crippen LogP) is 7.35. The number of nitrogens with zero attached hydrogens (tertiary/aromatic N) is 4. The van der Waals surface area contributed by atoms with Gasteiger partial charge < -0.3 is 0 Å². The van der Waals surface area contributed by atoms with Gasteiger partial charge in [0.05, 0.1) is 10.9 Å². The first-order valence-corrected chi connectivity index (χ1v) is 12.9. The molecule has 0 aliphatic heterocycles. The Labute approximate surface area is 226 Å². The molecule has 2 aromatic carbocycles. The number of benzene rings is 2. The van der Waals surface area contributed by atoms with E-state index < -0.39 is 0 Å². The molecule has 0 spiro atoms. The molecule has 0 saturated carbocycles. The maximum absolute atomic E-state index is 4.87. The summed E-state index contributed by atoms with van der Waals surface area (Å²) in [5, 5.41) is 2.70. The molecule has 0 aliphatic rings. The molecule has 0 atom stereocenters. The second-order valence-corrected chi connectivity index (χ2v) is 7.83. The molecule has 4 rings (SSSR count). The van der Waals surface area contributed by atoms with Crippen LogP contribution in [0.15, 0.2) is 97.0 Å². The summed E-state index contributed by atoms with van der Waals surface area (Å²) in [5.41, 5.74) is 2.67. The highest BCUT2D eigenvalue weighted by molar-refractivity contribution is 7.80. The maximum Gasteiger partial charge on any atom is 0.238 e. The van der Waals surface area contributed by atoms with Gasteiger partial charge in [0.25, 0.3) is 0 Å². The van der Waals surface area contributed by atoms with Crippen molar-refractivity contribution in [3.63, 3.8) is 0 Å². The molecule has 4 nitrogen and oxygen atoms in total. The van der Waals surface area contributed by atoms with Crippen LogP contribution in [-0.4, -0.2) is 19.5 Å². The Bertz CT molecular complexity index is 1530. The molecule has 190 valence electrons. The van der Waals surface area contributed by atoms with Crippen LogP contribution in [-0.2, 0) is 0 Å². The molecule has 0 fully saturated rings. The van der Waals surface area contributed by atoms with E-state index in [-0.39, 0.29) is 0 Å². The molecule has 0 aliphatic carbocycles. The van der Waals surface area contributed by atoms with Gasteiger partial charge in [0.2, 0.25) is 5.95 Å². The van der Waals surface area contributed by atoms with E-state index >= 15 is 0 Å². The number of hydrogen-bond acceptors (Lipinski definition) is 4. The third-order valence-corrected chi connectivity index (χ3v) is 5.41. The van der Waals surface area contributed by atoms with E-state index in [9.17, 15) is 0 Å². The monoisotopic (exact) mass is 508 g/mol. The maximum atomic E-state index is 4.87. The van der Waals surface area contributed by atoms with Gasteiger partial charge in [0.15, 0.2) is 11.6 Å². The average molecular weight is 509 g/mol. The Morgan fingerprint density at radius 1 is 0.919 bits per heavy atom. The third kappa shape index (κ3) is 6.63. The summed E-state index contributed by atoms with van der Waals surface area (Å²) in [4.78, 5) is 15.4. The number of thiol groups is 1. The minimum Gasteiger partial charge on any atom is -0.278 e. The highest BCUT2D eigenvalue weighted by Gasteiger charge is 2.16. The molecule has 0 bridgehead atoms. The minimum absolute atomic E-state index is 0.498. The molecule has 0 N–H and O–H groups in total. The fraction of sp³-hybridized carbons (Fsp3) is 0.156. The van der Waals surface area contributed by atoms with Crippen molar-refractivity contribution >= 4 is 41.8 Å². The zero-order valence-corrected chi connectivity index (χ0v) is 23.3. The van der Waals surface area contributed by atoms with E-state index in [0.29, 0.717) is 17.6 Å². The summed E-state index contributed by atoms with van der Waals surface area (Å²) in [5.74, 6) is 1.64. The number of hydrogen-bond donors (Lipinski definition) is 1. The summed E-state index contributed by atoms with van der Waals surface area (Å²) in [6.07, 6.45) is 11.2. The van der Waals surface area contributed by atoms with E-state index in [1.165, 1.54) is 0 Å². The van der Waals surface area contributed by atoms with Crippen molar-refractivity contribution in [2.75, 3.05) is 0 Å². The molecule has 5 heteroatoms. The van der Waals surface area contributed by atoms with Gasteiger partial charge in [-0.2, -0.15) is 9.97 Å². The zero-order chi connectivity index (χ0) is 27.4. The molecule has 0 radical (unpaired) electrons. The first kappa shape index (κ1) is 29.3. The summed E-state index contributed by atoms with van der Waals surface area (Å²) in [6.45, 7) is 22.0. The summed E-state index contributed by atoms with van der Waals surface area (Å²) in [7, 11) is 0. The van der Waals surface area contributed by atoms with Gasteiger partial charge in [-0.3, -0.25) is 4.57 Å². The van der Waals surface area contributed by atoms with Crippen molar-refractivity contribution in [2.24, 2.45) is 0 Å². The van der Waals surface area contributed by atoms with E-state index in [1.807, 2.05) is 112 Å². The quantitative estimate of drug-likeness (QED) is 0.219. The van der Waals surface area contributed by atoms with Gasteiger partial charge in [0.1, 0.15) is 0 Å². The first-order valence-electron chi connectivity index (χ1n) is 12.5. The normalized spacial score (nSPS) is 11.5. The van der Waals surface area contributed by atoms with Crippen LogP contribution in [0, 0.1) is 0 Å². The largest absolute Gasteiger partial charge is 0.278 e. The van der Waals surface area contributed by atoms with Gasteiger partial charge in [-0.1, -0.05) is 108 Å². The molecule has 2 heterocycles. The van der Waals surface area contributed by atoms with Crippen LogP contribution in [0.1, 0.15) is 40.4 Å².